The van der Waals surface area contributed by atoms with Gasteiger partial charge in [-0.1, -0.05) is 42.8 Å². The smallest absolute Gasteiger partial charge is 0.348 e. The molecule has 0 radical (unpaired) electrons. The summed E-state index contributed by atoms with van der Waals surface area (Å²) in [5, 5.41) is 35.9. The van der Waals surface area contributed by atoms with Crippen molar-refractivity contribution in [2.24, 2.45) is 28.6 Å². The maximum Gasteiger partial charge on any atom is 0.348 e. The van der Waals surface area contributed by atoms with Gasteiger partial charge < -0.3 is 44.3 Å². The molecule has 6 rings (SSSR count). The van der Waals surface area contributed by atoms with E-state index in [0.717, 1.165) is 13.2 Å². The van der Waals surface area contributed by atoms with Crippen LogP contribution in [-0.4, -0.2) is 107 Å². The third kappa shape index (κ3) is 5.60. The van der Waals surface area contributed by atoms with Crippen molar-refractivity contribution in [3.8, 4) is 0 Å². The van der Waals surface area contributed by atoms with Crippen LogP contribution in [0, 0.1) is 28.6 Å². The number of Topliss-reactive ketones (excluding diaryl/α,β-unsaturated/α-hetero) is 1. The average Bonchev–Trinajstić information content (AvgIpc) is 3.38. The van der Waals surface area contributed by atoms with Gasteiger partial charge in [0.05, 0.1) is 25.7 Å². The number of methoxy groups -OCH3 is 1. The van der Waals surface area contributed by atoms with Crippen molar-refractivity contribution in [3.05, 3.63) is 58.9 Å². The predicted molar refractivity (Wildman–Crippen MR) is 176 cm³/mol. The van der Waals surface area contributed by atoms with E-state index in [9.17, 15) is 44.1 Å². The molecule has 1 aromatic rings. The fraction of sp³-hybridized carbons (Fsp3) is 0.568. The molecule has 15 nitrogen and oxygen atoms in total. The molecule has 1 spiro atoms. The van der Waals surface area contributed by atoms with Crippen molar-refractivity contribution in [3.63, 3.8) is 0 Å². The second-order valence-corrected chi connectivity index (χ2v) is 14.9. The molecule has 1 aromatic carbocycles. The van der Waals surface area contributed by atoms with Gasteiger partial charge in [-0.25, -0.2) is 19.2 Å². The summed E-state index contributed by atoms with van der Waals surface area (Å²) >= 11 is 0. The molecule has 0 aromatic heterocycles. The molecule has 15 heteroatoms. The Hall–Kier alpha value is -4.60. The number of carbonyl (C=O) groups excluding carboxylic acids is 5. The van der Waals surface area contributed by atoms with E-state index >= 15 is 0 Å². The first-order valence-corrected chi connectivity index (χ1v) is 17.1. The molecule has 2 bridgehead atoms. The van der Waals surface area contributed by atoms with Crippen molar-refractivity contribution >= 4 is 35.6 Å². The molecule has 3 aliphatic carbocycles. The molecule has 2 saturated heterocycles. The van der Waals surface area contributed by atoms with E-state index in [1.807, 2.05) is 0 Å². The first-order chi connectivity index (χ1) is 24.5. The van der Waals surface area contributed by atoms with Crippen LogP contribution in [0.1, 0.15) is 46.1 Å². The van der Waals surface area contributed by atoms with Crippen LogP contribution in [0.3, 0.4) is 0 Å². The van der Waals surface area contributed by atoms with Crippen molar-refractivity contribution < 1.29 is 67.8 Å². The summed E-state index contributed by atoms with van der Waals surface area (Å²) in [6, 6.07) is 7.50. The Balaban J connectivity index is 1.33. The molecule has 1 amide bonds. The van der Waals surface area contributed by atoms with Gasteiger partial charge in [-0.2, -0.15) is 0 Å². The number of carbonyl (C=O) groups is 6. The van der Waals surface area contributed by atoms with Crippen LogP contribution < -0.4 is 5.32 Å². The summed E-state index contributed by atoms with van der Waals surface area (Å²) in [7, 11) is 1.07. The van der Waals surface area contributed by atoms with Crippen LogP contribution in [0.5, 0.6) is 0 Å². The van der Waals surface area contributed by atoms with Gasteiger partial charge in [-0.05, 0) is 49.7 Å². The molecule has 52 heavy (non-hydrogen) atoms. The van der Waals surface area contributed by atoms with E-state index in [1.165, 1.54) is 0 Å². The van der Waals surface area contributed by atoms with Gasteiger partial charge in [0.1, 0.15) is 18.2 Å². The monoisotopic (exact) mass is 725 g/mol. The van der Waals surface area contributed by atoms with Gasteiger partial charge in [0.15, 0.2) is 18.1 Å². The van der Waals surface area contributed by atoms with E-state index in [0.29, 0.717) is 16.7 Å². The number of hydrogen-bond acceptors (Lipinski definition) is 13. The van der Waals surface area contributed by atoms with E-state index in [2.05, 4.69) is 5.32 Å². The lowest BCUT2D eigenvalue weighted by Crippen LogP contribution is -2.79. The lowest BCUT2D eigenvalue weighted by atomic mass is 9.38. The largest absolute Gasteiger partial charge is 0.480 e. The zero-order valence-corrected chi connectivity index (χ0v) is 29.5. The number of aliphatic carboxylic acids is 1. The number of rotatable bonds is 10. The number of ketones is 1. The van der Waals surface area contributed by atoms with Crippen LogP contribution in [0.2, 0.25) is 0 Å². The van der Waals surface area contributed by atoms with Crippen molar-refractivity contribution in [2.45, 2.75) is 83.0 Å². The van der Waals surface area contributed by atoms with Gasteiger partial charge >= 0.3 is 23.9 Å². The van der Waals surface area contributed by atoms with Crippen molar-refractivity contribution in [1.82, 2.24) is 5.32 Å². The molecule has 5 aliphatic rings. The SMILES string of the molecule is COC(=O)[C@@]12OC[C@]34[C@H]([C@@H](O)[C@@H]1O)[C@@]1(C)CC(=O)C(OCC(=O)NC(Cc5ccccc5)C(=O)O)=C(C)[C@@H]1C[C@H]3OC(=O)[C@H](OC(=O)C=C(C)C)[C@@H]24. The van der Waals surface area contributed by atoms with Crippen LogP contribution in [-0.2, 0) is 58.9 Å². The first-order valence-electron chi connectivity index (χ1n) is 17.1. The number of nitrogens with one attached hydrogen (secondary N) is 1. The van der Waals surface area contributed by atoms with E-state index in [-0.39, 0.29) is 31.6 Å². The van der Waals surface area contributed by atoms with E-state index in [4.69, 9.17) is 23.7 Å². The maximum absolute atomic E-state index is 13.9. The van der Waals surface area contributed by atoms with Gasteiger partial charge in [-0.15, -0.1) is 0 Å². The second kappa shape index (κ2) is 13.4. The third-order valence-electron chi connectivity index (χ3n) is 11.7. The van der Waals surface area contributed by atoms with Crippen LogP contribution in [0.15, 0.2) is 53.3 Å². The minimum absolute atomic E-state index is 0.0252. The molecule has 280 valence electrons. The minimum Gasteiger partial charge on any atom is -0.480 e. The Morgan fingerprint density at radius 3 is 2.42 bits per heavy atom. The highest BCUT2D eigenvalue weighted by atomic mass is 16.6. The number of ether oxygens (including phenoxy) is 5. The summed E-state index contributed by atoms with van der Waals surface area (Å²) in [5.41, 5.74) is -3.20. The number of benzene rings is 1. The molecule has 11 atom stereocenters. The number of allylic oxidation sites excluding steroid dienone is 3. The summed E-state index contributed by atoms with van der Waals surface area (Å²) in [5.74, 6) is -8.58. The van der Waals surface area contributed by atoms with Crippen LogP contribution in [0.4, 0.5) is 0 Å². The van der Waals surface area contributed by atoms with Crippen LogP contribution in [0.25, 0.3) is 0 Å². The lowest BCUT2D eigenvalue weighted by Gasteiger charge is -2.67. The highest BCUT2D eigenvalue weighted by Gasteiger charge is 2.85. The number of carboxylic acids is 1. The Morgan fingerprint density at radius 2 is 1.79 bits per heavy atom. The number of hydrogen-bond donors (Lipinski definition) is 4. The normalized spacial score (nSPS) is 36.3. The molecule has 1 unspecified atom stereocenters. The lowest BCUT2D eigenvalue weighted by molar-refractivity contribution is -0.290. The summed E-state index contributed by atoms with van der Waals surface area (Å²) < 4.78 is 28.6. The van der Waals surface area contributed by atoms with Gasteiger partial charge in [0, 0.05) is 30.3 Å². The Morgan fingerprint density at radius 1 is 1.10 bits per heavy atom. The van der Waals surface area contributed by atoms with E-state index in [1.54, 1.807) is 58.0 Å². The zero-order valence-electron chi connectivity index (χ0n) is 29.5. The first kappa shape index (κ1) is 37.2. The zero-order chi connectivity index (χ0) is 37.9. The number of aliphatic hydroxyl groups excluding tert-OH is 2. The van der Waals surface area contributed by atoms with Crippen molar-refractivity contribution in [2.75, 3.05) is 20.3 Å². The average molecular weight is 726 g/mol. The second-order valence-electron chi connectivity index (χ2n) is 14.9. The summed E-state index contributed by atoms with van der Waals surface area (Å²) in [6.45, 7) is 5.73. The van der Waals surface area contributed by atoms with Gasteiger partial charge in [0.25, 0.3) is 5.91 Å². The Labute approximate surface area is 299 Å². The Bertz CT molecular complexity index is 1750. The molecule has 2 heterocycles. The number of fused-ring (bicyclic) bond motifs is 2. The van der Waals surface area contributed by atoms with Gasteiger partial charge in [0.2, 0.25) is 11.7 Å². The molecule has 2 saturated carbocycles. The molecular formula is C37H43NO14. The standard InChI is InChI=1S/C37H43NO14/c1-17(2)11-25(41)52-28-30-36-16-50-37(30,34(47)48-5)31(43)26(42)29(36)35(4)14-22(39)27(18(3)20(35)13-23(36)51-33(28)46)49-15-24(40)38-21(32(44)45)12-19-9-7-6-8-10-19/h6-11,20-21,23,26,28-31,42-43H,12-16H2,1-5H3,(H,38,40)(H,44,45)/t20-,21?,23+,26+,28+,29+,30+,31-,35-,36+,37-/m0/s1. The van der Waals surface area contributed by atoms with Crippen molar-refractivity contribution in [1.29, 1.82) is 0 Å². The topological polar surface area (TPSA) is 221 Å². The fourth-order valence-corrected chi connectivity index (χ4v) is 9.86. The van der Waals surface area contributed by atoms with Crippen LogP contribution >= 0.6 is 0 Å². The fourth-order valence-electron chi connectivity index (χ4n) is 9.86. The molecular weight excluding hydrogens is 682 g/mol. The number of carboxylic acid groups (broad SMARTS) is 1. The number of esters is 3. The summed E-state index contributed by atoms with van der Waals surface area (Å²) in [4.78, 5) is 79.0. The Kier molecular flexibility index (Phi) is 9.60. The molecule has 4 fully saturated rings. The maximum atomic E-state index is 13.9. The van der Waals surface area contributed by atoms with Gasteiger partial charge in [-0.3, -0.25) is 9.59 Å². The predicted octanol–water partition coefficient (Wildman–Crippen LogP) is 0.788. The number of amides is 1. The third-order valence-corrected chi connectivity index (χ3v) is 11.7. The quantitative estimate of drug-likeness (QED) is 0.149. The highest BCUT2D eigenvalue weighted by molar-refractivity contribution is 5.97. The van der Waals surface area contributed by atoms with E-state index < -0.39 is 107 Å². The highest BCUT2D eigenvalue weighted by Crippen LogP contribution is 2.72. The molecule has 2 aliphatic heterocycles. The molecule has 4 N–H and O–H groups in total. The number of aliphatic hydroxyl groups is 2. The summed E-state index contributed by atoms with van der Waals surface area (Å²) in [6.07, 6.45) is -5.40. The minimum atomic E-state index is -2.30.